The maximum atomic E-state index is 12.9. The van der Waals surface area contributed by atoms with E-state index in [1.165, 1.54) is 18.3 Å². The summed E-state index contributed by atoms with van der Waals surface area (Å²) in [7, 11) is 0. The number of benzene rings is 1. The lowest BCUT2D eigenvalue weighted by Crippen LogP contribution is -2.21. The van der Waals surface area contributed by atoms with Gasteiger partial charge in [-0.1, -0.05) is 12.1 Å². The van der Waals surface area contributed by atoms with Crippen molar-refractivity contribution in [2.24, 2.45) is 0 Å². The Kier molecular flexibility index (Phi) is 6.63. The van der Waals surface area contributed by atoms with Gasteiger partial charge in [-0.2, -0.15) is 23.5 Å². The Hall–Kier alpha value is -3.75. The summed E-state index contributed by atoms with van der Waals surface area (Å²) in [6.07, 6.45) is 0.823. The molecule has 0 aliphatic carbocycles. The Bertz CT molecular complexity index is 1230. The number of aliphatic hydroxyl groups excluding tert-OH is 1. The van der Waals surface area contributed by atoms with Gasteiger partial charge in [-0.05, 0) is 43.0 Å². The molecule has 2 N–H and O–H groups in total. The fourth-order valence-corrected chi connectivity index (χ4v) is 3.65. The molecule has 3 heterocycles. The number of pyridine rings is 1. The van der Waals surface area contributed by atoms with E-state index >= 15 is 0 Å². The first kappa shape index (κ1) is 23.4. The van der Waals surface area contributed by atoms with Crippen molar-refractivity contribution in [2.75, 3.05) is 11.9 Å². The standard InChI is InChI=1S/C23H20F3N5O3/c24-23(25,26)17-5-3-4-14(8-17)21(32)22(33)30-18-9-15(10-27)20(28-12-18)16-11-29-31(13-16)19-6-1-2-7-34-19/h3-5,8-9,11-13,19,21,32H,1-2,6-7H2,(H,30,33). The van der Waals surface area contributed by atoms with Gasteiger partial charge in [0.2, 0.25) is 0 Å². The Morgan fingerprint density at radius 2 is 2.12 bits per heavy atom. The van der Waals surface area contributed by atoms with Gasteiger partial charge in [0.25, 0.3) is 5.91 Å². The molecule has 1 aliphatic heterocycles. The Labute approximate surface area is 192 Å². The molecule has 1 aromatic carbocycles. The maximum absolute atomic E-state index is 12.9. The van der Waals surface area contributed by atoms with Crippen molar-refractivity contribution in [3.8, 4) is 17.3 Å². The van der Waals surface area contributed by atoms with E-state index in [4.69, 9.17) is 4.74 Å². The van der Waals surface area contributed by atoms with Crippen LogP contribution in [0, 0.1) is 11.3 Å². The molecule has 1 aliphatic rings. The number of anilines is 1. The molecular weight excluding hydrogens is 451 g/mol. The summed E-state index contributed by atoms with van der Waals surface area (Å²) in [6.45, 7) is 0.655. The van der Waals surface area contributed by atoms with Gasteiger partial charge in [0.15, 0.2) is 6.10 Å². The van der Waals surface area contributed by atoms with Crippen LogP contribution >= 0.6 is 0 Å². The Morgan fingerprint density at radius 3 is 2.82 bits per heavy atom. The molecule has 2 atom stereocenters. The van der Waals surface area contributed by atoms with Crippen molar-refractivity contribution >= 4 is 11.6 Å². The lowest BCUT2D eigenvalue weighted by atomic mass is 10.0. The smallest absolute Gasteiger partial charge is 0.378 e. The van der Waals surface area contributed by atoms with Gasteiger partial charge in [-0.3, -0.25) is 9.78 Å². The second kappa shape index (κ2) is 9.62. The second-order valence-electron chi connectivity index (χ2n) is 7.78. The van der Waals surface area contributed by atoms with Crippen LogP contribution in [0.15, 0.2) is 48.9 Å². The Morgan fingerprint density at radius 1 is 1.29 bits per heavy atom. The number of nitrogens with one attached hydrogen (secondary N) is 1. The molecule has 11 heteroatoms. The summed E-state index contributed by atoms with van der Waals surface area (Å²) in [4.78, 5) is 16.7. The zero-order valence-corrected chi connectivity index (χ0v) is 17.8. The molecule has 2 aromatic heterocycles. The minimum atomic E-state index is -4.61. The average molecular weight is 471 g/mol. The van der Waals surface area contributed by atoms with Crippen molar-refractivity contribution in [2.45, 2.75) is 37.8 Å². The third-order valence-electron chi connectivity index (χ3n) is 5.38. The van der Waals surface area contributed by atoms with E-state index in [1.54, 1.807) is 17.1 Å². The molecule has 0 bridgehead atoms. The number of halogens is 3. The van der Waals surface area contributed by atoms with Gasteiger partial charge in [-0.15, -0.1) is 0 Å². The highest BCUT2D eigenvalue weighted by molar-refractivity contribution is 5.95. The van der Waals surface area contributed by atoms with E-state index in [9.17, 15) is 28.3 Å². The predicted octanol–water partition coefficient (Wildman–Crippen LogP) is 4.21. The number of rotatable bonds is 5. The van der Waals surface area contributed by atoms with Gasteiger partial charge in [0.1, 0.15) is 12.3 Å². The summed E-state index contributed by atoms with van der Waals surface area (Å²) >= 11 is 0. The fourth-order valence-electron chi connectivity index (χ4n) is 3.65. The van der Waals surface area contributed by atoms with Crippen molar-refractivity contribution in [1.82, 2.24) is 14.8 Å². The summed E-state index contributed by atoms with van der Waals surface area (Å²) < 4.78 is 46.1. The first-order valence-electron chi connectivity index (χ1n) is 10.5. The number of hydrogen-bond acceptors (Lipinski definition) is 6. The molecule has 2 unspecified atom stereocenters. The molecule has 4 rings (SSSR count). The highest BCUT2D eigenvalue weighted by Gasteiger charge is 2.31. The Balaban J connectivity index is 1.50. The van der Waals surface area contributed by atoms with Gasteiger partial charge in [0.05, 0.1) is 34.9 Å². The second-order valence-corrected chi connectivity index (χ2v) is 7.78. The number of amides is 1. The van der Waals surface area contributed by atoms with Crippen molar-refractivity contribution in [3.05, 3.63) is 65.6 Å². The van der Waals surface area contributed by atoms with E-state index in [0.717, 1.165) is 31.4 Å². The van der Waals surface area contributed by atoms with Gasteiger partial charge in [-0.25, -0.2) is 4.68 Å². The van der Waals surface area contributed by atoms with Crippen LogP contribution in [0.3, 0.4) is 0 Å². The highest BCUT2D eigenvalue weighted by Crippen LogP contribution is 2.31. The highest BCUT2D eigenvalue weighted by atomic mass is 19.4. The minimum absolute atomic E-state index is 0.110. The fraction of sp³-hybridized carbons (Fsp3) is 0.304. The van der Waals surface area contributed by atoms with E-state index < -0.39 is 23.8 Å². The summed E-state index contributed by atoms with van der Waals surface area (Å²) in [6, 6.07) is 7.26. The number of alkyl halides is 3. The normalized spacial score (nSPS) is 17.1. The first-order chi connectivity index (χ1) is 16.3. The minimum Gasteiger partial charge on any atom is -0.378 e. The quantitative estimate of drug-likeness (QED) is 0.577. The van der Waals surface area contributed by atoms with Crippen LogP contribution in [0.25, 0.3) is 11.3 Å². The summed E-state index contributed by atoms with van der Waals surface area (Å²) in [5.41, 5.74) is 0.00644. The molecule has 1 saturated heterocycles. The van der Waals surface area contributed by atoms with Crippen LogP contribution in [0.1, 0.15) is 48.3 Å². The number of carbonyl (C=O) groups is 1. The molecule has 34 heavy (non-hydrogen) atoms. The molecule has 1 amide bonds. The van der Waals surface area contributed by atoms with Crippen molar-refractivity contribution in [3.63, 3.8) is 0 Å². The first-order valence-corrected chi connectivity index (χ1v) is 10.5. The van der Waals surface area contributed by atoms with Crippen LogP contribution < -0.4 is 5.32 Å². The summed E-state index contributed by atoms with van der Waals surface area (Å²) in [5.74, 6) is -0.958. The topological polar surface area (TPSA) is 113 Å². The molecule has 0 saturated carbocycles. The van der Waals surface area contributed by atoms with E-state index in [2.05, 4.69) is 15.4 Å². The van der Waals surface area contributed by atoms with Crippen molar-refractivity contribution < 1.29 is 27.8 Å². The molecule has 176 valence electrons. The van der Waals surface area contributed by atoms with Crippen LogP contribution in [0.4, 0.5) is 18.9 Å². The summed E-state index contributed by atoms with van der Waals surface area (Å²) in [5, 5.41) is 26.5. The van der Waals surface area contributed by atoms with Crippen LogP contribution in [0.5, 0.6) is 0 Å². The number of ether oxygens (including phenoxy) is 1. The van der Waals surface area contributed by atoms with Gasteiger partial charge < -0.3 is 15.2 Å². The number of carbonyl (C=O) groups excluding carboxylic acids is 1. The van der Waals surface area contributed by atoms with Crippen molar-refractivity contribution in [1.29, 1.82) is 5.26 Å². The van der Waals surface area contributed by atoms with Crippen LogP contribution in [-0.2, 0) is 15.7 Å². The largest absolute Gasteiger partial charge is 0.416 e. The molecule has 8 nitrogen and oxygen atoms in total. The zero-order valence-electron chi connectivity index (χ0n) is 17.8. The molecular formula is C23H20F3N5O3. The van der Waals surface area contributed by atoms with Gasteiger partial charge >= 0.3 is 6.18 Å². The predicted molar refractivity (Wildman–Crippen MR) is 114 cm³/mol. The van der Waals surface area contributed by atoms with Crippen LogP contribution in [-0.4, -0.2) is 32.4 Å². The molecule has 0 spiro atoms. The van der Waals surface area contributed by atoms with E-state index in [0.29, 0.717) is 23.9 Å². The number of aromatic nitrogens is 3. The zero-order chi connectivity index (χ0) is 24.3. The SMILES string of the molecule is N#Cc1cc(NC(=O)C(O)c2cccc(C(F)(F)F)c2)cnc1-c1cnn(C2CCCCO2)c1. The van der Waals surface area contributed by atoms with Gasteiger partial charge in [0, 0.05) is 18.4 Å². The molecule has 0 radical (unpaired) electrons. The number of nitriles is 1. The lowest BCUT2D eigenvalue weighted by molar-refractivity contribution is -0.138. The van der Waals surface area contributed by atoms with Crippen LogP contribution in [0.2, 0.25) is 0 Å². The third-order valence-corrected chi connectivity index (χ3v) is 5.38. The average Bonchev–Trinajstić information content (AvgIpc) is 3.33. The molecule has 3 aromatic rings. The maximum Gasteiger partial charge on any atom is 0.416 e. The number of nitrogens with zero attached hydrogens (tertiary/aromatic N) is 4. The molecule has 1 fully saturated rings. The van der Waals surface area contributed by atoms with E-state index in [-0.39, 0.29) is 23.0 Å². The lowest BCUT2D eigenvalue weighted by Gasteiger charge is -2.22. The monoisotopic (exact) mass is 471 g/mol. The third kappa shape index (κ3) is 5.08. The number of hydrogen-bond donors (Lipinski definition) is 2. The number of aliphatic hydroxyl groups is 1. The van der Waals surface area contributed by atoms with E-state index in [1.807, 2.05) is 6.07 Å².